The van der Waals surface area contributed by atoms with Gasteiger partial charge in [-0.1, -0.05) is 19.3 Å². The summed E-state index contributed by atoms with van der Waals surface area (Å²) in [7, 11) is 0. The van der Waals surface area contributed by atoms with E-state index < -0.39 is 0 Å². The molecule has 0 aromatic carbocycles. The van der Waals surface area contributed by atoms with Crippen molar-refractivity contribution >= 4 is 0 Å². The zero-order chi connectivity index (χ0) is 4.24. The minimum absolute atomic E-state index is 0. The molecule has 0 spiro atoms. The fourth-order valence-electron chi connectivity index (χ4n) is 0.898. The van der Waals surface area contributed by atoms with Gasteiger partial charge >= 0.3 is 0 Å². The largest absolute Gasteiger partial charge is 0.328 e. The molecule has 40 valence electrons. The molecule has 1 fully saturated rings. The zero-order valence-corrected chi connectivity index (χ0v) is 7.07. The molecule has 1 aliphatic carbocycles. The number of hydrogen-bond donors (Lipinski definition) is 0. The van der Waals surface area contributed by atoms with E-state index in [0.29, 0.717) is 0 Å². The molecule has 0 aliphatic heterocycles. The van der Waals surface area contributed by atoms with E-state index in [1.807, 2.05) is 0 Å². The minimum Gasteiger partial charge on any atom is -0.328 e. The Kier molecular flexibility index (Phi) is 5.66. The Morgan fingerprint density at radius 2 is 1.43 bits per heavy atom. The van der Waals surface area contributed by atoms with Crippen molar-refractivity contribution in [2.75, 3.05) is 0 Å². The molecular weight excluding hydrogens is 163 g/mol. The summed E-state index contributed by atoms with van der Waals surface area (Å²) in [4.78, 5) is 0. The number of rotatable bonds is 0. The van der Waals surface area contributed by atoms with Crippen molar-refractivity contribution < 1.29 is 26.2 Å². The van der Waals surface area contributed by atoms with Gasteiger partial charge in [-0.05, 0) is 0 Å². The van der Waals surface area contributed by atoms with E-state index in [2.05, 4.69) is 6.42 Å². The van der Waals surface area contributed by atoms with E-state index in [4.69, 9.17) is 0 Å². The second kappa shape index (κ2) is 5.03. The van der Waals surface area contributed by atoms with E-state index in [0.717, 1.165) is 0 Å². The maximum atomic E-state index is 2.39. The average molecular weight is 174 g/mol. The van der Waals surface area contributed by atoms with Gasteiger partial charge in [0.15, 0.2) is 0 Å². The normalized spacial score (nSPS) is 20.6. The molecule has 1 saturated carbocycles. The first-order valence-electron chi connectivity index (χ1n) is 2.82. The van der Waals surface area contributed by atoms with Gasteiger partial charge in [0, 0.05) is 26.2 Å². The van der Waals surface area contributed by atoms with Crippen LogP contribution < -0.4 is 0 Å². The Bertz CT molecular complexity index is 19.7. The van der Waals surface area contributed by atoms with Crippen LogP contribution in [0.4, 0.5) is 0 Å². The summed E-state index contributed by atoms with van der Waals surface area (Å²) in [6.45, 7) is 0. The Morgan fingerprint density at radius 1 is 0.857 bits per heavy atom. The summed E-state index contributed by atoms with van der Waals surface area (Å²) >= 11 is 0. The Labute approximate surface area is 64.8 Å². The van der Waals surface area contributed by atoms with Crippen LogP contribution in [-0.4, -0.2) is 0 Å². The second-order valence-corrected chi connectivity index (χ2v) is 1.93. The first-order valence-corrected chi connectivity index (χ1v) is 2.82. The predicted octanol–water partition coefficient (Wildman–Crippen LogP) is 2.15. The van der Waals surface area contributed by atoms with Crippen molar-refractivity contribution in [3.63, 3.8) is 0 Å². The zero-order valence-electron chi connectivity index (χ0n) is 4.61. The third-order valence-corrected chi connectivity index (χ3v) is 1.32. The van der Waals surface area contributed by atoms with E-state index in [9.17, 15) is 0 Å². The molecule has 0 aromatic rings. The van der Waals surface area contributed by atoms with Crippen LogP contribution in [-0.2, 0) is 26.2 Å². The summed E-state index contributed by atoms with van der Waals surface area (Å²) < 4.78 is 0. The van der Waals surface area contributed by atoms with Crippen molar-refractivity contribution in [2.45, 2.75) is 32.1 Å². The molecule has 1 heteroatoms. The Hall–Kier alpha value is 0.883. The van der Waals surface area contributed by atoms with Gasteiger partial charge < -0.3 is 6.42 Å². The van der Waals surface area contributed by atoms with Crippen LogP contribution in [0, 0.1) is 6.42 Å². The molecule has 0 unspecified atom stereocenters. The summed E-state index contributed by atoms with van der Waals surface area (Å²) in [5.74, 6) is 0. The topological polar surface area (TPSA) is 0 Å². The molecule has 1 rings (SSSR count). The molecule has 1 aliphatic rings. The third-order valence-electron chi connectivity index (χ3n) is 1.32. The SMILES string of the molecule is [CH-]1CCCCC1.[Zr]. The van der Waals surface area contributed by atoms with Gasteiger partial charge in [0.2, 0.25) is 0 Å². The van der Waals surface area contributed by atoms with Crippen LogP contribution in [0.15, 0.2) is 0 Å². The molecule has 0 amide bonds. The monoisotopic (exact) mass is 173 g/mol. The van der Waals surface area contributed by atoms with Crippen molar-refractivity contribution in [1.82, 2.24) is 0 Å². The van der Waals surface area contributed by atoms with Crippen LogP contribution in [0.3, 0.4) is 0 Å². The molecule has 7 heavy (non-hydrogen) atoms. The summed E-state index contributed by atoms with van der Waals surface area (Å²) in [6.07, 6.45) is 9.50. The van der Waals surface area contributed by atoms with Crippen LogP contribution in [0.5, 0.6) is 0 Å². The van der Waals surface area contributed by atoms with Gasteiger partial charge in [-0.3, -0.25) is 0 Å². The molecule has 0 saturated heterocycles. The molecule has 0 bridgehead atoms. The van der Waals surface area contributed by atoms with E-state index in [1.54, 1.807) is 0 Å². The summed E-state index contributed by atoms with van der Waals surface area (Å²) in [5.41, 5.74) is 0. The van der Waals surface area contributed by atoms with Crippen molar-refractivity contribution in [3.05, 3.63) is 6.42 Å². The Morgan fingerprint density at radius 3 is 1.57 bits per heavy atom. The molecule has 0 radical (unpaired) electrons. The van der Waals surface area contributed by atoms with Gasteiger partial charge in [0.1, 0.15) is 0 Å². The van der Waals surface area contributed by atoms with Crippen LogP contribution in [0.25, 0.3) is 0 Å². The maximum Gasteiger partial charge on any atom is 0 e. The maximum absolute atomic E-state index is 2.39. The standard InChI is InChI=1S/C6H11.Zr/c1-2-4-6-5-3-1;/h1H,2-6H2;/q-1;. The second-order valence-electron chi connectivity index (χ2n) is 1.93. The number of hydrogen-bond acceptors (Lipinski definition) is 0. The first kappa shape index (κ1) is 7.88. The van der Waals surface area contributed by atoms with Crippen LogP contribution >= 0.6 is 0 Å². The average Bonchev–Trinajstić information content (AvgIpc) is 1.72. The fraction of sp³-hybridized carbons (Fsp3) is 0.833. The van der Waals surface area contributed by atoms with Crippen LogP contribution in [0.2, 0.25) is 0 Å². The van der Waals surface area contributed by atoms with E-state index >= 15 is 0 Å². The van der Waals surface area contributed by atoms with Crippen molar-refractivity contribution in [2.24, 2.45) is 0 Å². The van der Waals surface area contributed by atoms with E-state index in [1.165, 1.54) is 32.1 Å². The van der Waals surface area contributed by atoms with Crippen molar-refractivity contribution in [3.8, 4) is 0 Å². The van der Waals surface area contributed by atoms with Gasteiger partial charge in [-0.25, -0.2) is 0 Å². The van der Waals surface area contributed by atoms with Gasteiger partial charge in [-0.2, -0.15) is 12.8 Å². The van der Waals surface area contributed by atoms with Crippen LogP contribution in [0.1, 0.15) is 32.1 Å². The molecule has 0 nitrogen and oxygen atoms in total. The predicted molar refractivity (Wildman–Crippen MR) is 27.4 cm³/mol. The fourth-order valence-corrected chi connectivity index (χ4v) is 0.898. The third kappa shape index (κ3) is 3.46. The minimum atomic E-state index is 0. The molecule has 0 heterocycles. The molecule has 0 N–H and O–H groups in total. The molecule has 0 aromatic heterocycles. The van der Waals surface area contributed by atoms with Gasteiger partial charge in [0.05, 0.1) is 0 Å². The van der Waals surface area contributed by atoms with Crippen molar-refractivity contribution in [1.29, 1.82) is 0 Å². The smallest absolute Gasteiger partial charge is 0 e. The molecular formula is C6H11Zr-. The van der Waals surface area contributed by atoms with Gasteiger partial charge in [0.25, 0.3) is 0 Å². The summed E-state index contributed by atoms with van der Waals surface area (Å²) in [5, 5.41) is 0. The van der Waals surface area contributed by atoms with Gasteiger partial charge in [-0.15, -0.1) is 0 Å². The quantitative estimate of drug-likeness (QED) is 0.494. The molecule has 0 atom stereocenters. The Balaban J connectivity index is 0.000000360. The van der Waals surface area contributed by atoms with E-state index in [-0.39, 0.29) is 26.2 Å². The summed E-state index contributed by atoms with van der Waals surface area (Å²) in [6, 6.07) is 0. The first-order chi connectivity index (χ1) is 3.00.